The summed E-state index contributed by atoms with van der Waals surface area (Å²) < 4.78 is 2.01. The number of benzene rings is 2. The Morgan fingerprint density at radius 3 is 2.63 bits per heavy atom. The number of nitrogens with zero attached hydrogens (tertiary/aromatic N) is 3. The summed E-state index contributed by atoms with van der Waals surface area (Å²) in [4.78, 5) is 24.0. The summed E-state index contributed by atoms with van der Waals surface area (Å²) in [5.74, 6) is 0.0722. The monoisotopic (exact) mass is 378 g/mol. The SMILES string of the molecule is CC(C)c1nc2ccc(C(c3cccc(Cl)c3)n3ccnc3)cc2[nH]c1=O. The summed E-state index contributed by atoms with van der Waals surface area (Å²) in [6, 6.07) is 13.6. The fourth-order valence-corrected chi connectivity index (χ4v) is 3.51. The lowest BCUT2D eigenvalue weighted by Crippen LogP contribution is -2.17. The second-order valence-electron chi connectivity index (χ2n) is 6.85. The highest BCUT2D eigenvalue weighted by atomic mass is 35.5. The molecule has 0 amide bonds. The van der Waals surface area contributed by atoms with Gasteiger partial charge in [0.05, 0.1) is 23.4 Å². The molecule has 0 fully saturated rings. The van der Waals surface area contributed by atoms with Crippen LogP contribution in [0.4, 0.5) is 0 Å². The lowest BCUT2D eigenvalue weighted by molar-refractivity contribution is 0.677. The zero-order valence-corrected chi connectivity index (χ0v) is 15.8. The van der Waals surface area contributed by atoms with Gasteiger partial charge in [-0.15, -0.1) is 0 Å². The third kappa shape index (κ3) is 3.38. The van der Waals surface area contributed by atoms with E-state index >= 15 is 0 Å². The first-order valence-corrected chi connectivity index (χ1v) is 9.17. The molecule has 4 aromatic rings. The molecule has 1 unspecified atom stereocenters. The molecule has 0 radical (unpaired) electrons. The summed E-state index contributed by atoms with van der Waals surface area (Å²) in [6.45, 7) is 3.93. The molecule has 136 valence electrons. The number of hydrogen-bond acceptors (Lipinski definition) is 3. The number of H-pyrrole nitrogens is 1. The van der Waals surface area contributed by atoms with Gasteiger partial charge >= 0.3 is 0 Å². The molecular weight excluding hydrogens is 360 g/mol. The van der Waals surface area contributed by atoms with Gasteiger partial charge in [-0.1, -0.05) is 43.6 Å². The van der Waals surface area contributed by atoms with Crippen LogP contribution in [0.15, 0.2) is 66.0 Å². The van der Waals surface area contributed by atoms with Crippen molar-refractivity contribution in [3.63, 3.8) is 0 Å². The molecule has 2 aromatic heterocycles. The van der Waals surface area contributed by atoms with E-state index in [-0.39, 0.29) is 17.5 Å². The number of aromatic amines is 1. The molecule has 1 atom stereocenters. The molecule has 0 bridgehead atoms. The zero-order valence-electron chi connectivity index (χ0n) is 15.1. The number of fused-ring (bicyclic) bond motifs is 1. The van der Waals surface area contributed by atoms with E-state index in [1.807, 2.05) is 67.1 Å². The number of imidazole rings is 1. The molecular formula is C21H19ClN4O. The third-order valence-electron chi connectivity index (χ3n) is 4.59. The predicted molar refractivity (Wildman–Crippen MR) is 107 cm³/mol. The van der Waals surface area contributed by atoms with Crippen LogP contribution in [-0.2, 0) is 0 Å². The fraction of sp³-hybridized carbons (Fsp3) is 0.190. The van der Waals surface area contributed by atoms with Gasteiger partial charge in [-0.2, -0.15) is 0 Å². The van der Waals surface area contributed by atoms with Gasteiger partial charge in [-0.05, 0) is 35.4 Å². The molecule has 5 nitrogen and oxygen atoms in total. The minimum atomic E-state index is -0.142. The number of nitrogens with one attached hydrogen (secondary N) is 1. The quantitative estimate of drug-likeness (QED) is 0.567. The Bertz CT molecular complexity index is 1150. The molecule has 0 aliphatic carbocycles. The Labute approximate surface area is 161 Å². The van der Waals surface area contributed by atoms with Gasteiger partial charge in [-0.25, -0.2) is 9.97 Å². The van der Waals surface area contributed by atoms with Crippen LogP contribution < -0.4 is 5.56 Å². The maximum absolute atomic E-state index is 12.3. The molecule has 4 rings (SSSR count). The van der Waals surface area contributed by atoms with E-state index in [4.69, 9.17) is 11.6 Å². The average Bonchev–Trinajstić information content (AvgIpc) is 3.15. The predicted octanol–water partition coefficient (Wildman–Crippen LogP) is 4.53. The van der Waals surface area contributed by atoms with E-state index in [2.05, 4.69) is 15.0 Å². The summed E-state index contributed by atoms with van der Waals surface area (Å²) in [7, 11) is 0. The van der Waals surface area contributed by atoms with E-state index < -0.39 is 0 Å². The van der Waals surface area contributed by atoms with Gasteiger partial charge in [0, 0.05) is 23.3 Å². The van der Waals surface area contributed by atoms with Crippen molar-refractivity contribution in [2.24, 2.45) is 0 Å². The molecule has 0 aliphatic rings. The standard InChI is InChI=1S/C21H19ClN4O/c1-13(2)19-21(27)25-18-11-15(6-7-17(18)24-19)20(26-9-8-23-12-26)14-4-3-5-16(22)10-14/h3-13,20H,1-2H3,(H,25,27). The van der Waals surface area contributed by atoms with E-state index in [1.54, 1.807) is 12.5 Å². The van der Waals surface area contributed by atoms with E-state index in [0.29, 0.717) is 16.2 Å². The van der Waals surface area contributed by atoms with Crippen LogP contribution in [0.5, 0.6) is 0 Å². The Hall–Kier alpha value is -2.92. The first kappa shape index (κ1) is 17.5. The minimum Gasteiger partial charge on any atom is -0.326 e. The van der Waals surface area contributed by atoms with Gasteiger partial charge in [0.15, 0.2) is 0 Å². The van der Waals surface area contributed by atoms with Crippen molar-refractivity contribution < 1.29 is 0 Å². The molecule has 0 saturated heterocycles. The first-order valence-electron chi connectivity index (χ1n) is 8.79. The molecule has 0 saturated carbocycles. The summed E-state index contributed by atoms with van der Waals surface area (Å²) in [6.07, 6.45) is 5.44. The summed E-state index contributed by atoms with van der Waals surface area (Å²) in [5, 5.41) is 0.676. The maximum Gasteiger partial charge on any atom is 0.270 e. The topological polar surface area (TPSA) is 63.6 Å². The summed E-state index contributed by atoms with van der Waals surface area (Å²) in [5.41, 5.74) is 3.95. The number of hydrogen-bond donors (Lipinski definition) is 1. The second kappa shape index (κ2) is 7.00. The zero-order chi connectivity index (χ0) is 19.0. The molecule has 2 aromatic carbocycles. The van der Waals surface area contributed by atoms with Crippen LogP contribution in [0.1, 0.15) is 42.6 Å². The van der Waals surface area contributed by atoms with Crippen molar-refractivity contribution in [3.8, 4) is 0 Å². The van der Waals surface area contributed by atoms with Crippen molar-refractivity contribution in [1.29, 1.82) is 0 Å². The fourth-order valence-electron chi connectivity index (χ4n) is 3.32. The highest BCUT2D eigenvalue weighted by molar-refractivity contribution is 6.30. The first-order chi connectivity index (χ1) is 13.0. The van der Waals surface area contributed by atoms with Crippen LogP contribution in [0.3, 0.4) is 0 Å². The Kier molecular flexibility index (Phi) is 4.54. The van der Waals surface area contributed by atoms with Gasteiger partial charge in [0.25, 0.3) is 5.56 Å². The molecule has 0 spiro atoms. The van der Waals surface area contributed by atoms with Crippen LogP contribution >= 0.6 is 11.6 Å². The number of halogens is 1. The second-order valence-corrected chi connectivity index (χ2v) is 7.29. The van der Waals surface area contributed by atoms with Gasteiger partial charge in [-0.3, -0.25) is 4.79 Å². The third-order valence-corrected chi connectivity index (χ3v) is 4.83. The van der Waals surface area contributed by atoms with E-state index in [0.717, 1.165) is 16.6 Å². The van der Waals surface area contributed by atoms with Crippen molar-refractivity contribution in [2.45, 2.75) is 25.8 Å². The van der Waals surface area contributed by atoms with Crippen LogP contribution in [-0.4, -0.2) is 19.5 Å². The van der Waals surface area contributed by atoms with Gasteiger partial charge < -0.3 is 9.55 Å². The highest BCUT2D eigenvalue weighted by Crippen LogP contribution is 2.29. The lowest BCUT2D eigenvalue weighted by Gasteiger charge is -2.20. The van der Waals surface area contributed by atoms with Crippen molar-refractivity contribution in [2.75, 3.05) is 0 Å². The van der Waals surface area contributed by atoms with Gasteiger partial charge in [0.1, 0.15) is 5.69 Å². The molecule has 1 N–H and O–H groups in total. The van der Waals surface area contributed by atoms with Crippen LogP contribution in [0.2, 0.25) is 5.02 Å². The van der Waals surface area contributed by atoms with Crippen molar-refractivity contribution >= 4 is 22.6 Å². The Morgan fingerprint density at radius 1 is 1.11 bits per heavy atom. The molecule has 27 heavy (non-hydrogen) atoms. The average molecular weight is 379 g/mol. The summed E-state index contributed by atoms with van der Waals surface area (Å²) >= 11 is 6.22. The largest absolute Gasteiger partial charge is 0.326 e. The normalized spacial score (nSPS) is 12.6. The Balaban J connectivity index is 1.89. The van der Waals surface area contributed by atoms with Crippen LogP contribution in [0.25, 0.3) is 11.0 Å². The maximum atomic E-state index is 12.3. The van der Waals surface area contributed by atoms with E-state index in [9.17, 15) is 4.79 Å². The molecule has 6 heteroatoms. The Morgan fingerprint density at radius 2 is 1.93 bits per heavy atom. The lowest BCUT2D eigenvalue weighted by atomic mass is 9.98. The number of rotatable bonds is 4. The highest BCUT2D eigenvalue weighted by Gasteiger charge is 2.18. The molecule has 2 heterocycles. The number of aromatic nitrogens is 4. The van der Waals surface area contributed by atoms with Crippen molar-refractivity contribution in [1.82, 2.24) is 19.5 Å². The molecule has 0 aliphatic heterocycles. The van der Waals surface area contributed by atoms with Gasteiger partial charge in [0.2, 0.25) is 0 Å². The van der Waals surface area contributed by atoms with E-state index in [1.165, 1.54) is 0 Å². The smallest absolute Gasteiger partial charge is 0.270 e. The minimum absolute atomic E-state index is 0.0722. The van der Waals surface area contributed by atoms with Crippen LogP contribution in [0, 0.1) is 0 Å². The van der Waals surface area contributed by atoms with Crippen molar-refractivity contribution in [3.05, 3.63) is 93.4 Å².